The molecule has 15 heteroatoms. The summed E-state index contributed by atoms with van der Waals surface area (Å²) in [7, 11) is -8.37. The summed E-state index contributed by atoms with van der Waals surface area (Å²) in [4.78, 5) is 0. The van der Waals surface area contributed by atoms with Gasteiger partial charge >= 0.3 is 16.6 Å². The highest BCUT2D eigenvalue weighted by Gasteiger charge is 2.69. The Hall–Kier alpha value is 1.71. The van der Waals surface area contributed by atoms with E-state index in [0.717, 1.165) is 0 Å². The van der Waals surface area contributed by atoms with Gasteiger partial charge in [-0.2, -0.15) is 0 Å². The molecule has 0 unspecified atom stereocenters. The van der Waals surface area contributed by atoms with Crippen molar-refractivity contribution in [3.8, 4) is 0 Å². The summed E-state index contributed by atoms with van der Waals surface area (Å²) < 4.78 is 37.1. The molecular formula is C8H38O6Si9. The highest BCUT2D eigenvalue weighted by atomic mass is 29.3. The number of hydrogen-bond acceptors (Lipinski definition) is 6. The van der Waals surface area contributed by atoms with Crippen LogP contribution in [-0.2, 0) is 24.7 Å². The predicted molar refractivity (Wildman–Crippen MR) is 125 cm³/mol. The molecule has 0 bridgehead atoms. The van der Waals surface area contributed by atoms with Crippen molar-refractivity contribution in [2.75, 3.05) is 0 Å². The van der Waals surface area contributed by atoms with Crippen LogP contribution in [0.3, 0.4) is 0 Å². The zero-order valence-electron chi connectivity index (χ0n) is 16.4. The van der Waals surface area contributed by atoms with Gasteiger partial charge in [-0.1, -0.05) is 52.2 Å². The fraction of sp³-hybridized carbons (Fsp3) is 1.00. The van der Waals surface area contributed by atoms with E-state index in [1.54, 1.807) is 0 Å². The third kappa shape index (κ3) is 9.28. The van der Waals surface area contributed by atoms with Crippen molar-refractivity contribution in [2.24, 2.45) is 0 Å². The Bertz CT molecular complexity index is 206. The highest BCUT2D eigenvalue weighted by Crippen LogP contribution is 2.26. The summed E-state index contributed by atoms with van der Waals surface area (Å²) >= 11 is 0. The number of rotatable bonds is 13. The maximum absolute atomic E-state index is 6.19. The quantitative estimate of drug-likeness (QED) is 0.255. The lowest BCUT2D eigenvalue weighted by molar-refractivity contribution is 0.228. The topological polar surface area (TPSA) is 55.4 Å². The molecule has 0 heterocycles. The number of hydrogen-bond donors (Lipinski definition) is 0. The van der Waals surface area contributed by atoms with Crippen LogP contribution < -0.4 is 0 Å². The van der Waals surface area contributed by atoms with Crippen LogP contribution in [-0.4, -0.2) is 85.5 Å². The molecule has 0 saturated carbocycles. The Morgan fingerprint density at radius 1 is 0.565 bits per heavy atom. The average Bonchev–Trinajstić information content (AvgIpc) is 2.49. The molecule has 142 valence electrons. The molecule has 0 spiro atoms. The van der Waals surface area contributed by atoms with Crippen molar-refractivity contribution in [1.82, 2.24) is 0 Å². The summed E-state index contributed by atoms with van der Waals surface area (Å²) in [6.45, 7) is 14.8. The van der Waals surface area contributed by atoms with Crippen LogP contribution in [0.15, 0.2) is 0 Å². The monoisotopic (exact) mass is 482 g/mol. The fourth-order valence-corrected chi connectivity index (χ4v) is 39.1. The SMILES string of the molecule is CC[SiH3].C[SiH2]O[Si](O[SiH2]C)(O[SiH2]C)[Si](O[SiH2]C)(O[SiH2]C)O[SiH2]C. The van der Waals surface area contributed by atoms with Crippen LogP contribution in [0.25, 0.3) is 0 Å². The van der Waals surface area contributed by atoms with E-state index < -0.39 is 75.2 Å². The molecule has 0 aromatic rings. The lowest BCUT2D eigenvalue weighted by Gasteiger charge is -2.42. The van der Waals surface area contributed by atoms with E-state index in [0.29, 0.717) is 0 Å². The van der Waals surface area contributed by atoms with Crippen LogP contribution in [0, 0.1) is 0 Å². The van der Waals surface area contributed by atoms with Crippen molar-refractivity contribution < 1.29 is 24.7 Å². The van der Waals surface area contributed by atoms with E-state index in [9.17, 15) is 0 Å². The van der Waals surface area contributed by atoms with Gasteiger partial charge in [-0.3, -0.25) is 0 Å². The second kappa shape index (κ2) is 17.1. The molecular weight excluding hydrogens is 445 g/mol. The molecule has 0 rings (SSSR count). The Kier molecular flexibility index (Phi) is 20.1. The molecule has 0 aromatic heterocycles. The van der Waals surface area contributed by atoms with Gasteiger partial charge in [0.2, 0.25) is 0 Å². The van der Waals surface area contributed by atoms with Gasteiger partial charge in [0.05, 0.1) is 0 Å². The third-order valence-corrected chi connectivity index (χ3v) is 29.2. The first kappa shape index (κ1) is 26.9. The Morgan fingerprint density at radius 3 is 0.783 bits per heavy atom. The van der Waals surface area contributed by atoms with Crippen LogP contribution in [0.2, 0.25) is 45.3 Å². The first-order valence-electron chi connectivity index (χ1n) is 8.86. The normalized spacial score (nSPS) is 19.4. The van der Waals surface area contributed by atoms with Gasteiger partial charge in [-0.05, 0) is 0 Å². The van der Waals surface area contributed by atoms with Crippen molar-refractivity contribution in [2.45, 2.75) is 52.2 Å². The van der Waals surface area contributed by atoms with Crippen LogP contribution in [0.4, 0.5) is 0 Å². The molecule has 0 aliphatic rings. The summed E-state index contributed by atoms with van der Waals surface area (Å²) in [6, 6.07) is 1.39. The van der Waals surface area contributed by atoms with Crippen molar-refractivity contribution in [3.63, 3.8) is 0 Å². The van der Waals surface area contributed by atoms with Gasteiger partial charge in [0.1, 0.15) is 58.6 Å². The summed E-state index contributed by atoms with van der Waals surface area (Å²) in [6.07, 6.45) is 0. The molecule has 0 amide bonds. The van der Waals surface area contributed by atoms with E-state index in [1.165, 1.54) is 16.3 Å². The predicted octanol–water partition coefficient (Wildman–Crippen LogP) is -3.38. The molecule has 0 aliphatic carbocycles. The molecule has 0 radical (unpaired) electrons. The Labute approximate surface area is 162 Å². The minimum atomic E-state index is -2.88. The lowest BCUT2D eigenvalue weighted by atomic mass is 11.0. The Morgan fingerprint density at radius 2 is 0.696 bits per heavy atom. The van der Waals surface area contributed by atoms with Gasteiger partial charge in [0.25, 0.3) is 0 Å². The van der Waals surface area contributed by atoms with Crippen molar-refractivity contribution >= 4 is 85.5 Å². The van der Waals surface area contributed by atoms with Crippen molar-refractivity contribution in [1.29, 1.82) is 0 Å². The summed E-state index contributed by atoms with van der Waals surface area (Å²) in [5.41, 5.74) is 0. The maximum atomic E-state index is 6.19. The lowest BCUT2D eigenvalue weighted by Crippen LogP contribution is -2.75. The molecule has 0 aromatic carbocycles. The van der Waals surface area contributed by atoms with Crippen LogP contribution >= 0.6 is 0 Å². The second-order valence-electron chi connectivity index (χ2n) is 4.42. The molecule has 6 nitrogen and oxygen atoms in total. The zero-order chi connectivity index (χ0) is 18.2. The van der Waals surface area contributed by atoms with Gasteiger partial charge < -0.3 is 24.7 Å². The second-order valence-corrected chi connectivity index (χ2v) is 22.1. The largest absolute Gasteiger partial charge is 0.542 e. The molecule has 0 aliphatic heterocycles. The first-order chi connectivity index (χ1) is 11.0. The van der Waals surface area contributed by atoms with Crippen LogP contribution in [0.5, 0.6) is 0 Å². The molecule has 0 fully saturated rings. The Balaban J connectivity index is 0. The van der Waals surface area contributed by atoms with E-state index in [-0.39, 0.29) is 0 Å². The molecule has 0 saturated heterocycles. The summed E-state index contributed by atoms with van der Waals surface area (Å²) in [5.74, 6) is 0. The maximum Gasteiger partial charge on any atom is 0.542 e. The molecule has 0 atom stereocenters. The molecule has 0 N–H and O–H groups in total. The van der Waals surface area contributed by atoms with E-state index in [1.807, 2.05) is 0 Å². The van der Waals surface area contributed by atoms with Gasteiger partial charge in [0, 0.05) is 10.2 Å². The van der Waals surface area contributed by atoms with Gasteiger partial charge in [0.15, 0.2) is 0 Å². The van der Waals surface area contributed by atoms with Gasteiger partial charge in [-0.15, -0.1) is 0 Å². The fourth-order valence-electron chi connectivity index (χ4n) is 1.92. The van der Waals surface area contributed by atoms with E-state index in [2.05, 4.69) is 46.2 Å². The smallest absolute Gasteiger partial charge is 0.420 e. The highest BCUT2D eigenvalue weighted by molar-refractivity contribution is 7.31. The van der Waals surface area contributed by atoms with E-state index >= 15 is 0 Å². The van der Waals surface area contributed by atoms with Crippen LogP contribution in [0.1, 0.15) is 6.92 Å². The minimum absolute atomic E-state index is 0.664. The van der Waals surface area contributed by atoms with Crippen molar-refractivity contribution in [3.05, 3.63) is 0 Å². The summed E-state index contributed by atoms with van der Waals surface area (Å²) in [5, 5.41) is 0. The standard InChI is InChI=1S/C6H30O6Si8.C2H8Si/c1-13-7-19(8-14-2,9-15-3)20(10-16-4,11-17-5)12-18-6;1-2-3/h13-18H2,1-6H3;2H2,1,3H3. The average molecular weight is 483 g/mol. The third-order valence-electron chi connectivity index (χ3n) is 2.38. The minimum Gasteiger partial charge on any atom is -0.420 e. The van der Waals surface area contributed by atoms with Gasteiger partial charge in [-0.25, -0.2) is 0 Å². The molecule has 23 heavy (non-hydrogen) atoms. The zero-order valence-corrected chi connectivity index (χ0v) is 28.9. The van der Waals surface area contributed by atoms with E-state index in [4.69, 9.17) is 24.7 Å². The first-order valence-corrected chi connectivity index (χ1v) is 26.7.